The molecule has 14 heterocycles. The number of aromatic nitrogens is 17. The molecule has 0 bridgehead atoms. The summed E-state index contributed by atoms with van der Waals surface area (Å²) < 4.78 is 45.1. The smallest absolute Gasteiger partial charge is 0.227 e. The fourth-order valence-electron chi connectivity index (χ4n) is 13.6. The highest BCUT2D eigenvalue weighted by Crippen LogP contribution is 2.32. The van der Waals surface area contributed by atoms with Crippen LogP contribution in [0.3, 0.4) is 0 Å². The average Bonchev–Trinajstić information content (AvgIpc) is 1.59. The van der Waals surface area contributed by atoms with Crippen molar-refractivity contribution in [1.29, 1.82) is 0 Å². The number of nitrogens with two attached hydrogens (primary N) is 1. The fourth-order valence-corrected chi connectivity index (χ4v) is 13.6. The van der Waals surface area contributed by atoms with Crippen molar-refractivity contribution in [2.24, 2.45) is 0 Å². The highest BCUT2D eigenvalue weighted by molar-refractivity contribution is 5.71. The van der Waals surface area contributed by atoms with Gasteiger partial charge in [0.2, 0.25) is 35.3 Å². The molecule has 1 atom stereocenters. The summed E-state index contributed by atoms with van der Waals surface area (Å²) in [6.07, 6.45) is 5.93. The third-order valence-corrected chi connectivity index (χ3v) is 19.6. The molecule has 18 aromatic rings. The van der Waals surface area contributed by atoms with E-state index in [-0.39, 0.29) is 52.5 Å². The molecule has 31 nitrogen and oxygen atoms in total. The zero-order valence-corrected chi connectivity index (χ0v) is 74.8. The summed E-state index contributed by atoms with van der Waals surface area (Å²) >= 11 is 0. The predicted molar refractivity (Wildman–Crippen MR) is 519 cm³/mol. The van der Waals surface area contributed by atoms with Crippen LogP contribution in [-0.4, -0.2) is 116 Å². The highest BCUT2D eigenvalue weighted by atomic mass is 16.5. The van der Waals surface area contributed by atoms with E-state index in [0.29, 0.717) is 158 Å². The molecule has 1 unspecified atom stereocenters. The third kappa shape index (κ3) is 29.0. The van der Waals surface area contributed by atoms with Crippen LogP contribution in [-0.2, 0) is 97.9 Å². The molecule has 0 spiro atoms. The van der Waals surface area contributed by atoms with Crippen LogP contribution < -0.4 is 16.4 Å². The number of hydrogen-bond donors (Lipinski definition) is 6. The number of nitrogens with one attached hydrogen (secondary N) is 2. The summed E-state index contributed by atoms with van der Waals surface area (Å²) in [6, 6.07) is 79.2. The Labute approximate surface area is 785 Å². The lowest BCUT2D eigenvalue weighted by Gasteiger charge is -2.21. The number of nitrogens with zero attached hydrogens (tertiary/aromatic N) is 17. The van der Waals surface area contributed by atoms with Crippen molar-refractivity contribution in [2.75, 3.05) is 16.4 Å². The van der Waals surface area contributed by atoms with Crippen LogP contribution in [0.1, 0.15) is 188 Å². The van der Waals surface area contributed by atoms with Crippen LogP contribution in [0.25, 0.3) is 51.7 Å². The average molecular weight is 1820 g/mol. The molecule has 4 aromatic carbocycles. The zero-order valence-electron chi connectivity index (χ0n) is 74.8. The van der Waals surface area contributed by atoms with Crippen molar-refractivity contribution >= 4 is 41.1 Å². The number of aryl methyl sites for hydroxylation is 3. The largest absolute Gasteiger partial charge is 0.458 e. The number of aldehydes is 1. The Hall–Kier alpha value is -15.1. The zero-order chi connectivity index (χ0) is 92.4. The second-order valence-corrected chi connectivity index (χ2v) is 32.8. The number of fused-ring (bicyclic) bond motifs is 3. The van der Waals surface area contributed by atoms with E-state index >= 15 is 0 Å². The van der Waals surface area contributed by atoms with Gasteiger partial charge in [-0.25, -0.2) is 4.98 Å². The maximum Gasteiger partial charge on any atom is 0.227 e. The summed E-state index contributed by atoms with van der Waals surface area (Å²) in [5.41, 5.74) is 21.2. The minimum Gasteiger partial charge on any atom is -0.458 e. The number of pyridine rings is 5. The first-order chi connectivity index (χ1) is 64.0. The normalized spacial score (nSPS) is 11.3. The van der Waals surface area contributed by atoms with Gasteiger partial charge in [-0.1, -0.05) is 174 Å². The van der Waals surface area contributed by atoms with E-state index in [9.17, 15) is 15.0 Å². The maximum atomic E-state index is 11.3. The van der Waals surface area contributed by atoms with Crippen molar-refractivity contribution in [3.05, 3.63) is 380 Å². The van der Waals surface area contributed by atoms with Crippen LogP contribution >= 0.6 is 0 Å². The molecule has 7 N–H and O–H groups in total. The van der Waals surface area contributed by atoms with E-state index in [1.54, 1.807) is 56.3 Å². The van der Waals surface area contributed by atoms with E-state index in [1.165, 1.54) is 0 Å². The Morgan fingerprint density at radius 2 is 0.696 bits per heavy atom. The summed E-state index contributed by atoms with van der Waals surface area (Å²) in [7, 11) is 0. The first-order valence-electron chi connectivity index (χ1n) is 42.9. The lowest BCUT2D eigenvalue weighted by atomic mass is 10.1. The monoisotopic (exact) mass is 1820 g/mol. The third-order valence-electron chi connectivity index (χ3n) is 19.6. The Balaban J connectivity index is 0.000000167. The second-order valence-electron chi connectivity index (χ2n) is 32.8. The van der Waals surface area contributed by atoms with E-state index in [4.69, 9.17) is 58.0 Å². The summed E-state index contributed by atoms with van der Waals surface area (Å²) in [6.45, 7) is 21.6. The van der Waals surface area contributed by atoms with Gasteiger partial charge in [0, 0.05) is 46.4 Å². The van der Waals surface area contributed by atoms with Gasteiger partial charge in [-0.05, 0) is 182 Å². The summed E-state index contributed by atoms with van der Waals surface area (Å²) in [5.74, 6) is 6.79. The Bertz CT molecular complexity index is 6750. The molecule has 135 heavy (non-hydrogen) atoms. The Morgan fingerprint density at radius 1 is 0.363 bits per heavy atom. The SMILES string of the molecule is C.C.C.Cc1ccc(-c2nc(N)nc3c(Cc4cccc(CO)n4)cnn23)o1.Cc1ccc(-c2nc(NC(C)(C)C)nc3c(C(O)c4cccc(COCc5ccccc5)n4)cnn23)o1.Cc1ccc(-c2nc(NC(C)(C)C)nc3c(Cc4cccc(COCc5ccccc5)n4)cnn23)o1.O=Cc1cccc(COCc2ccccc2)n1.OCc1cccc(COCc2ccccc2)n1. The van der Waals surface area contributed by atoms with Gasteiger partial charge in [-0.2, -0.15) is 58.7 Å². The minimum atomic E-state index is -1.05. The molecule has 14 aromatic heterocycles. The lowest BCUT2D eigenvalue weighted by molar-refractivity contribution is 0.104. The molecule has 31 heteroatoms. The fraction of sp³-hybridized carbons (Fsp3) is 0.260. The number of nitrogen functional groups attached to an aromatic ring is 1. The Morgan fingerprint density at radius 3 is 1.09 bits per heavy atom. The van der Waals surface area contributed by atoms with Gasteiger partial charge in [0.15, 0.2) is 40.5 Å². The van der Waals surface area contributed by atoms with Crippen LogP contribution in [0, 0.1) is 20.8 Å². The van der Waals surface area contributed by atoms with Gasteiger partial charge in [0.25, 0.3) is 0 Å². The lowest BCUT2D eigenvalue weighted by Crippen LogP contribution is -2.27. The van der Waals surface area contributed by atoms with Crippen molar-refractivity contribution in [3.63, 3.8) is 0 Å². The molecule has 0 aliphatic rings. The van der Waals surface area contributed by atoms with Gasteiger partial charge >= 0.3 is 0 Å². The molecule has 0 aliphatic carbocycles. The van der Waals surface area contributed by atoms with Crippen LogP contribution in [0.5, 0.6) is 0 Å². The predicted octanol–water partition coefficient (Wildman–Crippen LogP) is 19.3. The van der Waals surface area contributed by atoms with Gasteiger partial charge in [0.05, 0.1) is 130 Å². The summed E-state index contributed by atoms with van der Waals surface area (Å²) in [4.78, 5) is 60.2. The van der Waals surface area contributed by atoms with Crippen molar-refractivity contribution < 1.29 is 52.3 Å². The number of ether oxygens (including phenoxy) is 4. The van der Waals surface area contributed by atoms with E-state index in [1.807, 2.05) is 254 Å². The molecule has 0 amide bonds. The molecule has 18 rings (SSSR count). The number of aliphatic hydroxyl groups is 3. The highest BCUT2D eigenvalue weighted by Gasteiger charge is 2.26. The van der Waals surface area contributed by atoms with Gasteiger partial charge in [-0.15, -0.1) is 0 Å². The maximum absolute atomic E-state index is 11.3. The number of anilines is 3. The van der Waals surface area contributed by atoms with Crippen LogP contribution in [0.2, 0.25) is 0 Å². The number of aliphatic hydroxyl groups excluding tert-OH is 3. The topological polar surface area (TPSA) is 398 Å². The van der Waals surface area contributed by atoms with E-state index in [0.717, 1.165) is 91.1 Å². The number of rotatable bonds is 30. The number of furan rings is 3. The first-order valence-corrected chi connectivity index (χ1v) is 42.9. The number of carbonyl (C=O) groups is 1. The standard InChI is InChI=1S/C28H30N6O3.C28H30N6O2.C17H16N6O2.C14H15NO2.C14H13NO2.3CH4/c1-18-13-14-23(37-18)26-32-27(33-28(2,3)4)31-25-21(15-29-34(25)26)24(35)22-12-8-11-20(30-22)17-36-16-19-9-6-5-7-10-19;1-19-13-14-24(36-19)26-32-27(33-28(2,3)4)31-25-21(16-29-34(25)26)15-22-11-8-12-23(30-22)18-35-17-20-9-6-5-7-10-20;1-10-5-6-14(25-10)16-22-17(18)21-15-11(8-19-23(15)16)7-12-3-2-4-13(9-24)20-12;2*16-9-13-7-4-8-14(15-13)11-17-10-12-5-2-1-3-6-12;;;/h5-15,24,35H,16-17H2,1-4H3,(H,31,33);5-14,16H,15,17-18H2,1-4H3,(H,31,33);2-6,8,24H,7,9H2,1H3,(H2,18,21);1-8,16H,9-11H2;1-9H,10-11H2;3*1H4. The molecule has 0 aliphatic heterocycles. The van der Waals surface area contributed by atoms with Crippen molar-refractivity contribution in [3.8, 4) is 34.8 Å². The van der Waals surface area contributed by atoms with E-state index in [2.05, 4.69) is 98.7 Å². The molecule has 0 radical (unpaired) electrons. The molecule has 0 saturated heterocycles. The molecule has 0 saturated carbocycles. The quantitative estimate of drug-likeness (QED) is 0.0228. The van der Waals surface area contributed by atoms with E-state index < -0.39 is 6.10 Å². The summed E-state index contributed by atoms with van der Waals surface area (Å²) in [5, 5.41) is 49.7. The van der Waals surface area contributed by atoms with Crippen molar-refractivity contribution in [2.45, 2.75) is 181 Å². The minimum absolute atomic E-state index is 0. The second kappa shape index (κ2) is 48.4. The van der Waals surface area contributed by atoms with Crippen LogP contribution in [0.4, 0.5) is 17.8 Å². The van der Waals surface area contributed by atoms with Gasteiger partial charge in [0.1, 0.15) is 29.1 Å². The van der Waals surface area contributed by atoms with Crippen LogP contribution in [0.15, 0.2) is 281 Å². The van der Waals surface area contributed by atoms with Gasteiger partial charge < -0.3 is 63.9 Å². The molecule has 698 valence electrons. The molecular formula is C104H116N20O11. The molecule has 0 fully saturated rings. The molecular weight excluding hydrogens is 1710 g/mol. The van der Waals surface area contributed by atoms with Gasteiger partial charge in [-0.3, -0.25) is 24.7 Å². The Kier molecular flexibility index (Phi) is 36.0. The van der Waals surface area contributed by atoms with Crippen molar-refractivity contribution in [1.82, 2.24) is 83.7 Å². The number of hydrogen-bond acceptors (Lipinski definition) is 28. The number of benzene rings is 4. The first kappa shape index (κ1) is 100. The number of carbonyl (C=O) groups excluding carboxylic acids is 1.